The van der Waals surface area contributed by atoms with Crippen LogP contribution in [0.4, 0.5) is 13.2 Å². The highest BCUT2D eigenvalue weighted by Crippen LogP contribution is 2.38. The molecule has 96 valence electrons. The van der Waals surface area contributed by atoms with Crippen LogP contribution in [-0.2, 0) is 6.18 Å². The molecule has 2 aromatic rings. The van der Waals surface area contributed by atoms with E-state index in [1.807, 2.05) is 0 Å². The van der Waals surface area contributed by atoms with Crippen LogP contribution < -0.4 is 5.63 Å². The van der Waals surface area contributed by atoms with Gasteiger partial charge in [0.05, 0.1) is 0 Å². The maximum atomic E-state index is 12.6. The van der Waals surface area contributed by atoms with E-state index in [1.54, 1.807) is 12.1 Å². The first-order valence-electron chi connectivity index (χ1n) is 5.29. The van der Waals surface area contributed by atoms with Crippen LogP contribution in [-0.4, -0.2) is 5.78 Å². The molecule has 0 unspecified atom stereocenters. The van der Waals surface area contributed by atoms with Gasteiger partial charge in [-0.1, -0.05) is 24.3 Å². The number of hydrogen-bond donors (Lipinski definition) is 0. The van der Waals surface area contributed by atoms with Gasteiger partial charge in [-0.3, -0.25) is 4.79 Å². The first-order chi connectivity index (χ1) is 8.89. The lowest BCUT2D eigenvalue weighted by Crippen LogP contribution is -2.16. The average Bonchev–Trinajstić information content (AvgIpc) is 2.63. The van der Waals surface area contributed by atoms with E-state index in [4.69, 9.17) is 0 Å². The third-order valence-corrected chi connectivity index (χ3v) is 2.92. The van der Waals surface area contributed by atoms with E-state index in [-0.39, 0.29) is 16.7 Å². The first kappa shape index (κ1) is 11.7. The summed E-state index contributed by atoms with van der Waals surface area (Å²) in [6, 6.07) is 6.82. The standard InChI is InChI=1S/C13H5F3O3/c14-13(15,16)9-5-8-6-3-1-2-4-7(6)11(17)10(8)12(18)19-9/h1-5H. The van der Waals surface area contributed by atoms with E-state index in [2.05, 4.69) is 4.42 Å². The lowest BCUT2D eigenvalue weighted by atomic mass is 10.1. The van der Waals surface area contributed by atoms with Gasteiger partial charge in [0, 0.05) is 11.1 Å². The molecule has 0 aliphatic heterocycles. The summed E-state index contributed by atoms with van der Waals surface area (Å²) in [6.07, 6.45) is -4.77. The molecule has 1 aliphatic rings. The van der Waals surface area contributed by atoms with Crippen molar-refractivity contribution >= 4 is 5.78 Å². The Bertz CT molecular complexity index is 756. The fourth-order valence-corrected chi connectivity index (χ4v) is 2.11. The monoisotopic (exact) mass is 266 g/mol. The van der Waals surface area contributed by atoms with Crippen molar-refractivity contribution in [3.63, 3.8) is 0 Å². The van der Waals surface area contributed by atoms with Crippen LogP contribution in [0, 0.1) is 0 Å². The number of carbonyl (C=O) groups is 1. The fourth-order valence-electron chi connectivity index (χ4n) is 2.11. The lowest BCUT2D eigenvalue weighted by Gasteiger charge is -2.06. The number of ketones is 1. The zero-order chi connectivity index (χ0) is 13.8. The van der Waals surface area contributed by atoms with Crippen molar-refractivity contribution < 1.29 is 22.4 Å². The SMILES string of the molecule is O=C1c2ccccc2-c2cc(C(F)(F)F)oc(=O)c21. The second-order valence-electron chi connectivity index (χ2n) is 4.06. The van der Waals surface area contributed by atoms with Crippen molar-refractivity contribution in [1.29, 1.82) is 0 Å². The minimum atomic E-state index is -4.77. The highest BCUT2D eigenvalue weighted by atomic mass is 19.4. The van der Waals surface area contributed by atoms with Gasteiger partial charge in [-0.15, -0.1) is 0 Å². The highest BCUT2D eigenvalue weighted by Gasteiger charge is 2.38. The summed E-state index contributed by atoms with van der Waals surface area (Å²) in [5.41, 5.74) is -1.09. The minimum absolute atomic E-state index is 0.0239. The third kappa shape index (κ3) is 1.60. The largest absolute Gasteiger partial charge is 0.449 e. The molecule has 0 fully saturated rings. The molecular weight excluding hydrogens is 261 g/mol. The Morgan fingerprint density at radius 2 is 1.58 bits per heavy atom. The third-order valence-electron chi connectivity index (χ3n) is 2.92. The van der Waals surface area contributed by atoms with Crippen LogP contribution in [0.25, 0.3) is 11.1 Å². The van der Waals surface area contributed by atoms with Crippen LogP contribution in [0.15, 0.2) is 39.5 Å². The zero-order valence-electron chi connectivity index (χ0n) is 9.25. The number of carbonyl (C=O) groups excluding carboxylic acids is 1. The van der Waals surface area contributed by atoms with Crippen LogP contribution >= 0.6 is 0 Å². The molecule has 0 amide bonds. The Morgan fingerprint density at radius 3 is 2.21 bits per heavy atom. The minimum Gasteiger partial charge on any atom is -0.418 e. The Morgan fingerprint density at radius 1 is 0.947 bits per heavy atom. The smallest absolute Gasteiger partial charge is 0.418 e. The molecule has 19 heavy (non-hydrogen) atoms. The van der Waals surface area contributed by atoms with Gasteiger partial charge >= 0.3 is 11.8 Å². The molecular formula is C13H5F3O3. The van der Waals surface area contributed by atoms with Crippen molar-refractivity contribution in [1.82, 2.24) is 0 Å². The topological polar surface area (TPSA) is 47.3 Å². The summed E-state index contributed by atoms with van der Waals surface area (Å²) in [5.74, 6) is -2.01. The molecule has 0 radical (unpaired) electrons. The molecule has 1 heterocycles. The summed E-state index contributed by atoms with van der Waals surface area (Å²) in [5, 5.41) is 0. The maximum absolute atomic E-state index is 12.6. The van der Waals surface area contributed by atoms with Crippen LogP contribution in [0.5, 0.6) is 0 Å². The van der Waals surface area contributed by atoms with Crippen molar-refractivity contribution in [3.05, 3.63) is 57.6 Å². The van der Waals surface area contributed by atoms with Crippen LogP contribution in [0.1, 0.15) is 21.7 Å². The Labute approximate surface area is 104 Å². The molecule has 0 saturated carbocycles. The molecule has 0 atom stereocenters. The van der Waals surface area contributed by atoms with Gasteiger partial charge in [0.25, 0.3) is 0 Å². The molecule has 0 N–H and O–H groups in total. The zero-order valence-corrected chi connectivity index (χ0v) is 9.25. The molecule has 0 spiro atoms. The predicted molar refractivity (Wildman–Crippen MR) is 58.8 cm³/mol. The highest BCUT2D eigenvalue weighted by molar-refractivity contribution is 6.21. The number of benzene rings is 1. The van der Waals surface area contributed by atoms with Gasteiger partial charge in [-0.2, -0.15) is 13.2 Å². The number of alkyl halides is 3. The van der Waals surface area contributed by atoms with Crippen molar-refractivity contribution in [3.8, 4) is 11.1 Å². The maximum Gasteiger partial charge on any atom is 0.449 e. The van der Waals surface area contributed by atoms with Gasteiger partial charge in [0.15, 0.2) is 0 Å². The van der Waals surface area contributed by atoms with Crippen molar-refractivity contribution in [2.24, 2.45) is 0 Å². The van der Waals surface area contributed by atoms with Gasteiger partial charge in [0.2, 0.25) is 11.5 Å². The quantitative estimate of drug-likeness (QED) is 0.628. The molecule has 0 bridgehead atoms. The predicted octanol–water partition coefficient (Wildman–Crippen LogP) is 2.87. The molecule has 6 heteroatoms. The Kier molecular flexibility index (Phi) is 2.20. The van der Waals surface area contributed by atoms with Gasteiger partial charge < -0.3 is 4.42 Å². The summed E-state index contributed by atoms with van der Waals surface area (Å²) in [6.45, 7) is 0. The Balaban J connectivity index is 2.37. The fraction of sp³-hybridized carbons (Fsp3) is 0.0769. The van der Waals surface area contributed by atoms with E-state index < -0.39 is 23.3 Å². The van der Waals surface area contributed by atoms with Crippen molar-refractivity contribution in [2.75, 3.05) is 0 Å². The first-order valence-corrected chi connectivity index (χ1v) is 5.29. The van der Waals surface area contributed by atoms with E-state index >= 15 is 0 Å². The molecule has 1 aromatic heterocycles. The van der Waals surface area contributed by atoms with Crippen LogP contribution in [0.2, 0.25) is 0 Å². The van der Waals surface area contributed by atoms with E-state index in [0.717, 1.165) is 0 Å². The van der Waals surface area contributed by atoms with Crippen LogP contribution in [0.3, 0.4) is 0 Å². The van der Waals surface area contributed by atoms with Gasteiger partial charge in [-0.25, -0.2) is 4.79 Å². The number of halogens is 3. The average molecular weight is 266 g/mol. The summed E-state index contributed by atoms with van der Waals surface area (Å²) in [7, 11) is 0. The summed E-state index contributed by atoms with van der Waals surface area (Å²) >= 11 is 0. The molecule has 3 rings (SSSR count). The second kappa shape index (κ2) is 3.57. The molecule has 1 aromatic carbocycles. The normalized spacial score (nSPS) is 13.3. The van der Waals surface area contributed by atoms with Gasteiger partial charge in [-0.05, 0) is 11.6 Å². The number of rotatable bonds is 0. The van der Waals surface area contributed by atoms with Crippen molar-refractivity contribution in [2.45, 2.75) is 6.18 Å². The van der Waals surface area contributed by atoms with E-state index in [9.17, 15) is 22.8 Å². The summed E-state index contributed by atoms with van der Waals surface area (Å²) in [4.78, 5) is 23.5. The van der Waals surface area contributed by atoms with E-state index in [1.165, 1.54) is 12.1 Å². The summed E-state index contributed by atoms with van der Waals surface area (Å²) < 4.78 is 42.0. The number of fused-ring (bicyclic) bond motifs is 3. The molecule has 0 saturated heterocycles. The molecule has 1 aliphatic carbocycles. The second-order valence-corrected chi connectivity index (χ2v) is 4.06. The van der Waals surface area contributed by atoms with Gasteiger partial charge in [0.1, 0.15) is 5.56 Å². The number of hydrogen-bond acceptors (Lipinski definition) is 3. The lowest BCUT2D eigenvalue weighted by molar-refractivity contribution is -0.154. The van der Waals surface area contributed by atoms with E-state index in [0.29, 0.717) is 11.6 Å². The molecule has 3 nitrogen and oxygen atoms in total. The Hall–Kier alpha value is -2.37.